The van der Waals surface area contributed by atoms with Crippen molar-refractivity contribution < 1.29 is 0 Å². The average Bonchev–Trinajstić information content (AvgIpc) is 2.30. The third kappa shape index (κ3) is 3.43. The lowest BCUT2D eigenvalue weighted by molar-refractivity contribution is 0.0198. The molecular formula is C15H30N2S. The van der Waals surface area contributed by atoms with Gasteiger partial charge in [0.05, 0.1) is 0 Å². The minimum absolute atomic E-state index is 0.402. The first kappa shape index (κ1) is 14.7. The van der Waals surface area contributed by atoms with Crippen LogP contribution in [0, 0.1) is 0 Å². The second-order valence-corrected chi connectivity index (χ2v) is 8.11. The van der Waals surface area contributed by atoms with Crippen molar-refractivity contribution in [2.45, 2.75) is 75.7 Å². The summed E-state index contributed by atoms with van der Waals surface area (Å²) in [5.74, 6) is 0. The normalized spacial score (nSPS) is 33.7. The SMILES string of the molecule is CCNC1CC2CCCC(C1)N2CC(C)(C)SC. The molecule has 2 aliphatic heterocycles. The molecule has 3 heteroatoms. The molecule has 2 bridgehead atoms. The molecule has 2 unspecified atom stereocenters. The molecule has 0 radical (unpaired) electrons. The molecular weight excluding hydrogens is 240 g/mol. The minimum Gasteiger partial charge on any atom is -0.314 e. The van der Waals surface area contributed by atoms with Crippen LogP contribution in [0.25, 0.3) is 0 Å². The molecule has 18 heavy (non-hydrogen) atoms. The number of nitrogens with one attached hydrogen (secondary N) is 1. The molecule has 106 valence electrons. The number of hydrogen-bond acceptors (Lipinski definition) is 3. The van der Waals surface area contributed by atoms with E-state index >= 15 is 0 Å². The zero-order valence-electron chi connectivity index (χ0n) is 12.5. The zero-order valence-corrected chi connectivity index (χ0v) is 13.4. The van der Waals surface area contributed by atoms with Crippen molar-refractivity contribution in [2.24, 2.45) is 0 Å². The predicted molar refractivity (Wildman–Crippen MR) is 82.4 cm³/mol. The van der Waals surface area contributed by atoms with Crippen LogP contribution in [0.15, 0.2) is 0 Å². The topological polar surface area (TPSA) is 15.3 Å². The maximum absolute atomic E-state index is 3.68. The Kier molecular flexibility index (Phi) is 5.01. The fourth-order valence-electron chi connectivity index (χ4n) is 3.70. The number of thioether (sulfide) groups is 1. The van der Waals surface area contributed by atoms with Crippen LogP contribution in [0.5, 0.6) is 0 Å². The Labute approximate surface area is 117 Å². The van der Waals surface area contributed by atoms with Gasteiger partial charge in [-0.3, -0.25) is 4.90 Å². The predicted octanol–water partition coefficient (Wildman–Crippen LogP) is 3.12. The summed E-state index contributed by atoms with van der Waals surface area (Å²) in [6, 6.07) is 2.46. The van der Waals surface area contributed by atoms with Crippen molar-refractivity contribution in [1.82, 2.24) is 10.2 Å². The highest BCUT2D eigenvalue weighted by Crippen LogP contribution is 2.36. The molecule has 0 aromatic carbocycles. The highest BCUT2D eigenvalue weighted by molar-refractivity contribution is 7.99. The van der Waals surface area contributed by atoms with E-state index in [0.717, 1.165) is 24.7 Å². The highest BCUT2D eigenvalue weighted by atomic mass is 32.2. The van der Waals surface area contributed by atoms with Crippen LogP contribution in [0.2, 0.25) is 0 Å². The van der Waals surface area contributed by atoms with Crippen molar-refractivity contribution >= 4 is 11.8 Å². The number of nitrogens with zero attached hydrogens (tertiary/aromatic N) is 1. The third-order valence-corrected chi connectivity index (χ3v) is 5.97. The summed E-state index contributed by atoms with van der Waals surface area (Å²) in [6.45, 7) is 9.41. The Morgan fingerprint density at radius 1 is 1.22 bits per heavy atom. The molecule has 0 aromatic rings. The van der Waals surface area contributed by atoms with Gasteiger partial charge in [-0.05, 0) is 52.3 Å². The molecule has 2 fully saturated rings. The number of fused-ring (bicyclic) bond motifs is 2. The summed E-state index contributed by atoms with van der Waals surface area (Å²) >= 11 is 2.01. The first-order chi connectivity index (χ1) is 8.55. The van der Waals surface area contributed by atoms with E-state index in [-0.39, 0.29) is 0 Å². The zero-order chi connectivity index (χ0) is 13.2. The average molecular weight is 270 g/mol. The lowest BCUT2D eigenvalue weighted by Crippen LogP contribution is -2.58. The first-order valence-electron chi connectivity index (χ1n) is 7.60. The van der Waals surface area contributed by atoms with E-state index in [9.17, 15) is 0 Å². The highest BCUT2D eigenvalue weighted by Gasteiger charge is 2.39. The Morgan fingerprint density at radius 3 is 2.33 bits per heavy atom. The van der Waals surface area contributed by atoms with Gasteiger partial charge in [0.25, 0.3) is 0 Å². The van der Waals surface area contributed by atoms with Gasteiger partial charge in [-0.15, -0.1) is 0 Å². The smallest absolute Gasteiger partial charge is 0.0228 e. The summed E-state index contributed by atoms with van der Waals surface area (Å²) in [5.41, 5.74) is 0. The molecule has 1 N–H and O–H groups in total. The van der Waals surface area contributed by atoms with E-state index in [1.54, 1.807) is 0 Å². The molecule has 2 nitrogen and oxygen atoms in total. The Bertz CT molecular complexity index is 253. The number of rotatable bonds is 5. The van der Waals surface area contributed by atoms with Crippen LogP contribution in [0.4, 0.5) is 0 Å². The Balaban J connectivity index is 2.00. The lowest BCUT2D eigenvalue weighted by Gasteiger charge is -2.51. The van der Waals surface area contributed by atoms with Crippen molar-refractivity contribution in [1.29, 1.82) is 0 Å². The van der Waals surface area contributed by atoms with Crippen molar-refractivity contribution in [3.05, 3.63) is 0 Å². The van der Waals surface area contributed by atoms with Crippen molar-refractivity contribution in [2.75, 3.05) is 19.3 Å². The van der Waals surface area contributed by atoms with Crippen molar-refractivity contribution in [3.8, 4) is 0 Å². The van der Waals surface area contributed by atoms with Gasteiger partial charge in [0.15, 0.2) is 0 Å². The second-order valence-electron chi connectivity index (χ2n) is 6.60. The van der Waals surface area contributed by atoms with Gasteiger partial charge in [0.1, 0.15) is 0 Å². The fourth-order valence-corrected chi connectivity index (χ4v) is 3.97. The molecule has 0 aromatic heterocycles. The van der Waals surface area contributed by atoms with Gasteiger partial charge in [0, 0.05) is 29.4 Å². The van der Waals surface area contributed by atoms with Crippen LogP contribution in [0.1, 0.15) is 52.9 Å². The molecule has 0 saturated carbocycles. The van der Waals surface area contributed by atoms with Gasteiger partial charge in [-0.1, -0.05) is 13.3 Å². The molecule has 2 saturated heterocycles. The lowest BCUT2D eigenvalue weighted by atomic mass is 9.81. The van der Waals surface area contributed by atoms with Crippen LogP contribution in [-0.4, -0.2) is 47.1 Å². The first-order valence-corrected chi connectivity index (χ1v) is 8.82. The second kappa shape index (κ2) is 6.15. The molecule has 2 aliphatic rings. The fraction of sp³-hybridized carbons (Fsp3) is 1.00. The quantitative estimate of drug-likeness (QED) is 0.826. The molecule has 2 heterocycles. The summed E-state index contributed by atoms with van der Waals surface area (Å²) in [6.07, 6.45) is 9.28. The minimum atomic E-state index is 0.402. The molecule has 0 aliphatic carbocycles. The van der Waals surface area contributed by atoms with Crippen LogP contribution in [-0.2, 0) is 0 Å². The standard InChI is InChI=1S/C15H30N2S/c1-5-16-12-9-13-7-6-8-14(10-12)17(13)11-15(2,3)18-4/h12-14,16H,5-11H2,1-4H3. The summed E-state index contributed by atoms with van der Waals surface area (Å²) < 4.78 is 0.402. The van der Waals surface area contributed by atoms with Crippen LogP contribution in [0.3, 0.4) is 0 Å². The number of piperidine rings is 2. The molecule has 2 rings (SSSR count). The molecule has 0 spiro atoms. The maximum Gasteiger partial charge on any atom is 0.0228 e. The Hall–Kier alpha value is 0.270. The van der Waals surface area contributed by atoms with Crippen LogP contribution < -0.4 is 5.32 Å². The van der Waals surface area contributed by atoms with Gasteiger partial charge in [0.2, 0.25) is 0 Å². The van der Waals surface area contributed by atoms with E-state index in [2.05, 4.69) is 37.2 Å². The van der Waals surface area contributed by atoms with Gasteiger partial charge < -0.3 is 5.32 Å². The van der Waals surface area contributed by atoms with E-state index in [1.807, 2.05) is 11.8 Å². The number of hydrogen-bond donors (Lipinski definition) is 1. The van der Waals surface area contributed by atoms with Crippen LogP contribution >= 0.6 is 11.8 Å². The van der Waals surface area contributed by atoms with Gasteiger partial charge in [-0.2, -0.15) is 11.8 Å². The summed E-state index contributed by atoms with van der Waals surface area (Å²) in [5, 5.41) is 3.68. The maximum atomic E-state index is 3.68. The van der Waals surface area contributed by atoms with Crippen molar-refractivity contribution in [3.63, 3.8) is 0 Å². The van der Waals surface area contributed by atoms with E-state index < -0.39 is 0 Å². The van der Waals surface area contributed by atoms with Gasteiger partial charge in [-0.25, -0.2) is 0 Å². The summed E-state index contributed by atoms with van der Waals surface area (Å²) in [7, 11) is 0. The molecule has 2 atom stereocenters. The van der Waals surface area contributed by atoms with E-state index in [4.69, 9.17) is 0 Å². The Morgan fingerprint density at radius 2 is 1.83 bits per heavy atom. The summed E-state index contributed by atoms with van der Waals surface area (Å²) in [4.78, 5) is 2.84. The largest absolute Gasteiger partial charge is 0.314 e. The van der Waals surface area contributed by atoms with E-state index in [1.165, 1.54) is 38.6 Å². The van der Waals surface area contributed by atoms with Gasteiger partial charge >= 0.3 is 0 Å². The van der Waals surface area contributed by atoms with E-state index in [0.29, 0.717) is 4.75 Å². The third-order valence-electron chi connectivity index (χ3n) is 4.73. The molecule has 0 amide bonds. The monoisotopic (exact) mass is 270 g/mol.